The van der Waals surface area contributed by atoms with Crippen LogP contribution in [0.1, 0.15) is 28.8 Å². The molecular weight excluding hydrogens is 496 g/mol. The van der Waals surface area contributed by atoms with E-state index in [4.69, 9.17) is 21.3 Å². The number of carbonyl (C=O) groups excluding carboxylic acids is 1. The molecule has 10 nitrogen and oxygen atoms in total. The van der Waals surface area contributed by atoms with Gasteiger partial charge in [-0.2, -0.15) is 4.98 Å². The van der Waals surface area contributed by atoms with Gasteiger partial charge < -0.3 is 24.5 Å². The highest BCUT2D eigenvalue weighted by Crippen LogP contribution is 2.27. The first-order valence-electron chi connectivity index (χ1n) is 12.5. The first-order valence-corrected chi connectivity index (χ1v) is 12.9. The number of aliphatic hydroxyl groups excluding tert-OH is 1. The van der Waals surface area contributed by atoms with Crippen molar-refractivity contribution in [1.82, 2.24) is 24.3 Å². The molecule has 2 aliphatic rings. The SMILES string of the molecule is COc1ccc(Cn2c(=O)c(C(=O)N3CCN(C)CC3)cc3cnc(N4CCC[C@H]4CO)nc32)cc1Cl. The van der Waals surface area contributed by atoms with Gasteiger partial charge in [0.15, 0.2) is 0 Å². The van der Waals surface area contributed by atoms with E-state index in [9.17, 15) is 14.7 Å². The van der Waals surface area contributed by atoms with E-state index in [-0.39, 0.29) is 30.7 Å². The summed E-state index contributed by atoms with van der Waals surface area (Å²) in [5.41, 5.74) is 0.893. The Kier molecular flexibility index (Phi) is 7.32. The number of fused-ring (bicyclic) bond motifs is 1. The van der Waals surface area contributed by atoms with Gasteiger partial charge in [-0.3, -0.25) is 14.2 Å². The minimum Gasteiger partial charge on any atom is -0.495 e. The number of likely N-dealkylation sites (N-methyl/N-ethyl adjacent to an activating group) is 1. The molecule has 2 saturated heterocycles. The van der Waals surface area contributed by atoms with Crippen LogP contribution in [0.25, 0.3) is 11.0 Å². The number of pyridine rings is 1. The Hall–Kier alpha value is -3.21. The standard InChI is InChI=1S/C26H31ClN6O4/c1-30-8-10-31(11-9-30)24(35)20-13-18-14-28-26(32-7-3-4-19(32)16-34)29-23(18)33(25(20)36)15-17-5-6-22(37-2)21(27)12-17/h5-6,12-14,19,34H,3-4,7-11,15-16H2,1-2H3/t19-/m0/s1. The Morgan fingerprint density at radius 3 is 2.68 bits per heavy atom. The number of ether oxygens (including phenoxy) is 1. The van der Waals surface area contributed by atoms with Crippen molar-refractivity contribution in [2.24, 2.45) is 0 Å². The summed E-state index contributed by atoms with van der Waals surface area (Å²) in [6, 6.07) is 6.88. The van der Waals surface area contributed by atoms with E-state index >= 15 is 0 Å². The summed E-state index contributed by atoms with van der Waals surface area (Å²) in [5, 5.41) is 10.8. The zero-order chi connectivity index (χ0) is 26.1. The van der Waals surface area contributed by atoms with E-state index in [0.29, 0.717) is 40.8 Å². The molecule has 0 unspecified atom stereocenters. The minimum absolute atomic E-state index is 0.0109. The van der Waals surface area contributed by atoms with Crippen LogP contribution in [0.5, 0.6) is 5.75 Å². The van der Waals surface area contributed by atoms with Crippen LogP contribution in [0.4, 0.5) is 5.95 Å². The van der Waals surface area contributed by atoms with Gasteiger partial charge in [-0.1, -0.05) is 17.7 Å². The van der Waals surface area contributed by atoms with Crippen LogP contribution in [0.2, 0.25) is 5.02 Å². The van der Waals surface area contributed by atoms with Crippen LogP contribution in [-0.2, 0) is 6.54 Å². The number of nitrogens with zero attached hydrogens (tertiary/aromatic N) is 6. The molecule has 1 amide bonds. The molecule has 11 heteroatoms. The van der Waals surface area contributed by atoms with E-state index < -0.39 is 5.56 Å². The van der Waals surface area contributed by atoms with Gasteiger partial charge in [-0.25, -0.2) is 4.98 Å². The van der Waals surface area contributed by atoms with E-state index in [0.717, 1.165) is 38.0 Å². The summed E-state index contributed by atoms with van der Waals surface area (Å²) in [5.74, 6) is 0.712. The predicted octanol–water partition coefficient (Wildman–Crippen LogP) is 1.85. The zero-order valence-electron chi connectivity index (χ0n) is 21.1. The lowest BCUT2D eigenvalue weighted by molar-refractivity contribution is 0.0662. The smallest absolute Gasteiger partial charge is 0.265 e. The Morgan fingerprint density at radius 1 is 1.19 bits per heavy atom. The van der Waals surface area contributed by atoms with E-state index in [1.54, 1.807) is 36.4 Å². The number of amides is 1. The van der Waals surface area contributed by atoms with Crippen molar-refractivity contribution in [3.8, 4) is 5.75 Å². The topological polar surface area (TPSA) is 104 Å². The molecule has 3 aromatic rings. The second-order valence-corrected chi connectivity index (χ2v) is 10.0. The lowest BCUT2D eigenvalue weighted by atomic mass is 10.1. The third-order valence-corrected chi connectivity index (χ3v) is 7.53. The normalized spacial score (nSPS) is 18.5. The highest BCUT2D eigenvalue weighted by molar-refractivity contribution is 6.32. The summed E-state index contributed by atoms with van der Waals surface area (Å²) in [6.07, 6.45) is 3.44. The maximum Gasteiger partial charge on any atom is 0.265 e. The second kappa shape index (κ2) is 10.6. The van der Waals surface area contributed by atoms with Gasteiger partial charge in [-0.15, -0.1) is 0 Å². The summed E-state index contributed by atoms with van der Waals surface area (Å²) in [7, 11) is 3.56. The van der Waals surface area contributed by atoms with Crippen molar-refractivity contribution < 1.29 is 14.6 Å². The van der Waals surface area contributed by atoms with Gasteiger partial charge in [0.05, 0.1) is 31.3 Å². The van der Waals surface area contributed by atoms with Crippen molar-refractivity contribution in [2.75, 3.05) is 58.4 Å². The first kappa shape index (κ1) is 25.4. The molecule has 37 heavy (non-hydrogen) atoms. The lowest BCUT2D eigenvalue weighted by Crippen LogP contribution is -2.48. The fraction of sp³-hybridized carbons (Fsp3) is 0.462. The molecule has 0 aliphatic carbocycles. The highest BCUT2D eigenvalue weighted by Gasteiger charge is 2.28. The largest absolute Gasteiger partial charge is 0.495 e. The van der Waals surface area contributed by atoms with Gasteiger partial charge in [0.25, 0.3) is 11.5 Å². The number of hydrogen-bond acceptors (Lipinski definition) is 8. The Bertz CT molecular complexity index is 1370. The van der Waals surface area contributed by atoms with Crippen molar-refractivity contribution in [2.45, 2.75) is 25.4 Å². The molecule has 196 valence electrons. The summed E-state index contributed by atoms with van der Waals surface area (Å²) < 4.78 is 6.78. The van der Waals surface area contributed by atoms with Gasteiger partial charge in [0.2, 0.25) is 5.95 Å². The number of rotatable bonds is 6. The number of benzene rings is 1. The number of aliphatic hydroxyl groups is 1. The van der Waals surface area contributed by atoms with Crippen LogP contribution < -0.4 is 15.2 Å². The third-order valence-electron chi connectivity index (χ3n) is 7.24. The Morgan fingerprint density at radius 2 is 1.97 bits per heavy atom. The third kappa shape index (κ3) is 5.01. The number of aromatic nitrogens is 3. The summed E-state index contributed by atoms with van der Waals surface area (Å²) in [6.45, 7) is 3.55. The fourth-order valence-corrected chi connectivity index (χ4v) is 5.33. The molecular formula is C26H31ClN6O4. The minimum atomic E-state index is -0.409. The van der Waals surface area contributed by atoms with Crippen molar-refractivity contribution in [3.63, 3.8) is 0 Å². The molecule has 0 bridgehead atoms. The Balaban J connectivity index is 1.61. The van der Waals surface area contributed by atoms with Crippen LogP contribution in [-0.4, -0.2) is 94.9 Å². The number of methoxy groups -OCH3 is 1. The van der Waals surface area contributed by atoms with Crippen LogP contribution >= 0.6 is 11.6 Å². The lowest BCUT2D eigenvalue weighted by Gasteiger charge is -2.32. The molecule has 0 radical (unpaired) electrons. The molecule has 0 spiro atoms. The van der Waals surface area contributed by atoms with Gasteiger partial charge in [0, 0.05) is 44.3 Å². The second-order valence-electron chi connectivity index (χ2n) is 9.63. The number of carbonyl (C=O) groups is 1. The molecule has 2 aromatic heterocycles. The maximum atomic E-state index is 13.8. The van der Waals surface area contributed by atoms with E-state index in [1.165, 1.54) is 4.57 Å². The zero-order valence-corrected chi connectivity index (χ0v) is 21.8. The van der Waals surface area contributed by atoms with Crippen LogP contribution in [0.3, 0.4) is 0 Å². The molecule has 1 atom stereocenters. The predicted molar refractivity (Wildman–Crippen MR) is 142 cm³/mol. The van der Waals surface area contributed by atoms with Crippen LogP contribution in [0, 0.1) is 0 Å². The van der Waals surface area contributed by atoms with Crippen molar-refractivity contribution in [1.29, 1.82) is 0 Å². The highest BCUT2D eigenvalue weighted by atomic mass is 35.5. The molecule has 2 fully saturated rings. The van der Waals surface area contributed by atoms with Crippen molar-refractivity contribution >= 4 is 34.5 Å². The average Bonchev–Trinajstić information content (AvgIpc) is 3.39. The van der Waals surface area contributed by atoms with Crippen molar-refractivity contribution in [3.05, 3.63) is 57.0 Å². The van der Waals surface area contributed by atoms with Gasteiger partial charge in [0.1, 0.15) is 17.0 Å². The molecule has 2 aliphatic heterocycles. The molecule has 0 saturated carbocycles. The van der Waals surface area contributed by atoms with Gasteiger partial charge >= 0.3 is 0 Å². The van der Waals surface area contributed by atoms with E-state index in [2.05, 4.69) is 9.88 Å². The molecule has 4 heterocycles. The fourth-order valence-electron chi connectivity index (χ4n) is 5.05. The maximum absolute atomic E-state index is 13.8. The first-order chi connectivity index (χ1) is 17.9. The number of piperazine rings is 1. The van der Waals surface area contributed by atoms with Gasteiger partial charge in [-0.05, 0) is 43.7 Å². The number of halogens is 1. The molecule has 1 N–H and O–H groups in total. The number of anilines is 1. The molecule has 5 rings (SSSR count). The monoisotopic (exact) mass is 526 g/mol. The quantitative estimate of drug-likeness (QED) is 0.519. The molecule has 1 aromatic carbocycles. The summed E-state index contributed by atoms with van der Waals surface area (Å²) in [4.78, 5) is 42.4. The Labute approximate surface area is 220 Å². The van der Waals surface area contributed by atoms with Crippen LogP contribution in [0.15, 0.2) is 35.3 Å². The number of hydrogen-bond donors (Lipinski definition) is 1. The summed E-state index contributed by atoms with van der Waals surface area (Å²) >= 11 is 6.36. The van der Waals surface area contributed by atoms with E-state index in [1.807, 2.05) is 18.0 Å². The average molecular weight is 527 g/mol.